The number of aromatic nitrogens is 1. The lowest BCUT2D eigenvalue weighted by Crippen LogP contribution is -2.39. The molecule has 0 spiro atoms. The topological polar surface area (TPSA) is 83.7 Å². The number of ether oxygens (including phenoxy) is 2. The zero-order chi connectivity index (χ0) is 21.0. The molecular weight excluding hydrogens is 370 g/mol. The van der Waals surface area contributed by atoms with Crippen molar-refractivity contribution in [3.05, 3.63) is 64.4 Å². The van der Waals surface area contributed by atoms with Gasteiger partial charge in [-0.2, -0.15) is 0 Å². The van der Waals surface area contributed by atoms with Crippen LogP contribution in [0.4, 0.5) is 10.5 Å². The summed E-state index contributed by atoms with van der Waals surface area (Å²) in [5.41, 5.74) is 1.84. The van der Waals surface area contributed by atoms with Crippen LogP contribution in [0.15, 0.2) is 53.3 Å². The van der Waals surface area contributed by atoms with Crippen molar-refractivity contribution in [1.29, 1.82) is 0 Å². The normalized spacial score (nSPS) is 10.8. The number of benzene rings is 2. The van der Waals surface area contributed by atoms with E-state index in [0.717, 1.165) is 16.5 Å². The highest BCUT2D eigenvalue weighted by atomic mass is 16.5. The molecule has 1 aromatic heterocycles. The van der Waals surface area contributed by atoms with E-state index in [2.05, 4.69) is 10.3 Å². The number of amides is 2. The number of aromatic amines is 1. The van der Waals surface area contributed by atoms with Gasteiger partial charge < -0.3 is 24.7 Å². The highest BCUT2D eigenvalue weighted by Gasteiger charge is 2.20. The van der Waals surface area contributed by atoms with Gasteiger partial charge in [-0.1, -0.05) is 18.2 Å². The number of para-hydroxylation sites is 1. The Morgan fingerprint density at radius 2 is 1.86 bits per heavy atom. The van der Waals surface area contributed by atoms with Gasteiger partial charge in [0, 0.05) is 35.6 Å². The Morgan fingerprint density at radius 3 is 2.55 bits per heavy atom. The molecule has 7 nitrogen and oxygen atoms in total. The molecule has 0 saturated heterocycles. The molecule has 0 aliphatic carbocycles. The molecule has 3 aromatic rings. The van der Waals surface area contributed by atoms with Gasteiger partial charge in [0.1, 0.15) is 11.5 Å². The Morgan fingerprint density at radius 1 is 1.10 bits per heavy atom. The van der Waals surface area contributed by atoms with E-state index in [1.165, 1.54) is 6.07 Å². The predicted octanol–water partition coefficient (Wildman–Crippen LogP) is 3.99. The van der Waals surface area contributed by atoms with Crippen LogP contribution in [0.5, 0.6) is 11.5 Å². The van der Waals surface area contributed by atoms with Crippen molar-refractivity contribution in [3.8, 4) is 11.5 Å². The average molecular weight is 395 g/mol. The third-order valence-corrected chi connectivity index (χ3v) is 4.71. The SMILES string of the molecule is COc1ccc(OC)c(NC(=O)N(Cc2cc(=O)[nH]c3ccccc23)C(C)C)c1. The average Bonchev–Trinajstić information content (AvgIpc) is 2.71. The molecule has 0 atom stereocenters. The molecule has 0 fully saturated rings. The van der Waals surface area contributed by atoms with Crippen molar-refractivity contribution in [1.82, 2.24) is 9.88 Å². The minimum atomic E-state index is -0.295. The number of carbonyl (C=O) groups is 1. The van der Waals surface area contributed by atoms with Gasteiger partial charge in [0.2, 0.25) is 5.56 Å². The second-order valence-corrected chi connectivity index (χ2v) is 6.92. The van der Waals surface area contributed by atoms with E-state index in [-0.39, 0.29) is 17.6 Å². The minimum absolute atomic E-state index is 0.0929. The molecule has 0 saturated carbocycles. The molecule has 0 unspecified atom stereocenters. The van der Waals surface area contributed by atoms with E-state index >= 15 is 0 Å². The number of fused-ring (bicyclic) bond motifs is 1. The van der Waals surface area contributed by atoms with Gasteiger partial charge in [-0.3, -0.25) is 4.79 Å². The number of hydrogen-bond donors (Lipinski definition) is 2. The van der Waals surface area contributed by atoms with Gasteiger partial charge in [0.05, 0.1) is 19.9 Å². The Balaban J connectivity index is 1.92. The van der Waals surface area contributed by atoms with Crippen LogP contribution in [-0.4, -0.2) is 36.2 Å². The standard InChI is InChI=1S/C22H25N3O4/c1-14(2)25(13-15-11-21(26)23-18-8-6-5-7-17(15)18)22(27)24-19-12-16(28-3)9-10-20(19)29-4/h5-12,14H,13H2,1-4H3,(H,23,26)(H,24,27). The maximum absolute atomic E-state index is 13.1. The number of urea groups is 1. The van der Waals surface area contributed by atoms with Crippen molar-refractivity contribution in [3.63, 3.8) is 0 Å². The van der Waals surface area contributed by atoms with E-state index in [1.807, 2.05) is 38.1 Å². The number of methoxy groups -OCH3 is 2. The largest absolute Gasteiger partial charge is 0.497 e. The summed E-state index contributed by atoms with van der Waals surface area (Å²) in [4.78, 5) is 29.6. The smallest absolute Gasteiger partial charge is 0.322 e. The van der Waals surface area contributed by atoms with E-state index in [1.54, 1.807) is 37.3 Å². The molecule has 0 radical (unpaired) electrons. The third kappa shape index (κ3) is 4.51. The molecule has 29 heavy (non-hydrogen) atoms. The molecule has 3 rings (SSSR count). The quantitative estimate of drug-likeness (QED) is 0.661. The summed E-state index contributed by atoms with van der Waals surface area (Å²) in [5.74, 6) is 1.14. The number of nitrogens with one attached hydrogen (secondary N) is 2. The van der Waals surface area contributed by atoms with E-state index in [9.17, 15) is 9.59 Å². The first-order chi connectivity index (χ1) is 13.9. The van der Waals surface area contributed by atoms with Crippen LogP contribution in [0.1, 0.15) is 19.4 Å². The van der Waals surface area contributed by atoms with Crippen molar-refractivity contribution in [2.24, 2.45) is 0 Å². The van der Waals surface area contributed by atoms with Crippen LogP contribution in [0, 0.1) is 0 Å². The Labute approximate surface area is 169 Å². The molecule has 7 heteroatoms. The van der Waals surface area contributed by atoms with Crippen molar-refractivity contribution < 1.29 is 14.3 Å². The van der Waals surface area contributed by atoms with Crippen LogP contribution in [0.2, 0.25) is 0 Å². The lowest BCUT2D eigenvalue weighted by atomic mass is 10.1. The van der Waals surface area contributed by atoms with Gasteiger partial charge in [-0.05, 0) is 37.6 Å². The van der Waals surface area contributed by atoms with Crippen LogP contribution < -0.4 is 20.3 Å². The highest BCUT2D eigenvalue weighted by Crippen LogP contribution is 2.29. The summed E-state index contributed by atoms with van der Waals surface area (Å²) in [7, 11) is 3.10. The zero-order valence-corrected chi connectivity index (χ0v) is 17.0. The van der Waals surface area contributed by atoms with Crippen LogP contribution in [0.25, 0.3) is 10.9 Å². The summed E-state index contributed by atoms with van der Waals surface area (Å²) in [6, 6.07) is 13.9. The van der Waals surface area contributed by atoms with Gasteiger partial charge in [0.25, 0.3) is 0 Å². The summed E-state index contributed by atoms with van der Waals surface area (Å²) in [6.45, 7) is 4.15. The lowest BCUT2D eigenvalue weighted by molar-refractivity contribution is 0.194. The van der Waals surface area contributed by atoms with E-state index in [0.29, 0.717) is 23.7 Å². The first-order valence-corrected chi connectivity index (χ1v) is 9.33. The molecule has 0 aliphatic rings. The summed E-state index contributed by atoms with van der Waals surface area (Å²) in [5, 5.41) is 3.80. The number of nitrogens with zero attached hydrogens (tertiary/aromatic N) is 1. The first-order valence-electron chi connectivity index (χ1n) is 9.33. The minimum Gasteiger partial charge on any atom is -0.497 e. The van der Waals surface area contributed by atoms with Crippen molar-refractivity contribution in [2.45, 2.75) is 26.4 Å². The van der Waals surface area contributed by atoms with Gasteiger partial charge in [0.15, 0.2) is 0 Å². The summed E-state index contributed by atoms with van der Waals surface area (Å²) in [6.07, 6.45) is 0. The lowest BCUT2D eigenvalue weighted by Gasteiger charge is -2.28. The third-order valence-electron chi connectivity index (χ3n) is 4.71. The molecule has 2 aromatic carbocycles. The molecule has 1 heterocycles. The zero-order valence-electron chi connectivity index (χ0n) is 17.0. The predicted molar refractivity (Wildman–Crippen MR) is 114 cm³/mol. The molecular formula is C22H25N3O4. The first kappa shape index (κ1) is 20.3. The highest BCUT2D eigenvalue weighted by molar-refractivity contribution is 5.92. The van der Waals surface area contributed by atoms with Crippen LogP contribution in [-0.2, 0) is 6.54 Å². The van der Waals surface area contributed by atoms with Gasteiger partial charge >= 0.3 is 6.03 Å². The number of anilines is 1. The van der Waals surface area contributed by atoms with Crippen LogP contribution >= 0.6 is 0 Å². The fraction of sp³-hybridized carbons (Fsp3) is 0.273. The molecule has 152 valence electrons. The summed E-state index contributed by atoms with van der Waals surface area (Å²) < 4.78 is 10.6. The molecule has 2 N–H and O–H groups in total. The van der Waals surface area contributed by atoms with Crippen molar-refractivity contribution >= 4 is 22.6 Å². The van der Waals surface area contributed by atoms with Gasteiger partial charge in [-0.15, -0.1) is 0 Å². The second kappa shape index (κ2) is 8.68. The Kier molecular flexibility index (Phi) is 6.07. The molecule has 2 amide bonds. The molecule has 0 bridgehead atoms. The number of pyridine rings is 1. The van der Waals surface area contributed by atoms with E-state index in [4.69, 9.17) is 9.47 Å². The number of H-pyrrole nitrogens is 1. The Hall–Kier alpha value is -3.48. The monoisotopic (exact) mass is 395 g/mol. The second-order valence-electron chi connectivity index (χ2n) is 6.92. The summed E-state index contributed by atoms with van der Waals surface area (Å²) >= 11 is 0. The maximum atomic E-state index is 13.1. The Bertz CT molecular complexity index is 1080. The van der Waals surface area contributed by atoms with E-state index < -0.39 is 0 Å². The van der Waals surface area contributed by atoms with Crippen LogP contribution in [0.3, 0.4) is 0 Å². The molecule has 0 aliphatic heterocycles. The number of rotatable bonds is 6. The fourth-order valence-corrected chi connectivity index (χ4v) is 3.18. The number of hydrogen-bond acceptors (Lipinski definition) is 4. The fourth-order valence-electron chi connectivity index (χ4n) is 3.18. The van der Waals surface area contributed by atoms with Crippen molar-refractivity contribution in [2.75, 3.05) is 19.5 Å². The maximum Gasteiger partial charge on any atom is 0.322 e. The number of carbonyl (C=O) groups excluding carboxylic acids is 1. The van der Waals surface area contributed by atoms with Gasteiger partial charge in [-0.25, -0.2) is 4.79 Å².